The van der Waals surface area contributed by atoms with Gasteiger partial charge in [-0.15, -0.1) is 0 Å². The van der Waals surface area contributed by atoms with Crippen LogP contribution in [-0.2, 0) is 9.53 Å². The molecule has 14 heavy (non-hydrogen) atoms. The summed E-state index contributed by atoms with van der Waals surface area (Å²) in [6.07, 6.45) is 0.668. The van der Waals surface area contributed by atoms with Crippen molar-refractivity contribution in [2.75, 3.05) is 6.61 Å². The van der Waals surface area contributed by atoms with Crippen LogP contribution in [0.1, 0.15) is 13.3 Å². The Labute approximate surface area is 107 Å². The van der Waals surface area contributed by atoms with E-state index in [0.717, 1.165) is 0 Å². The monoisotopic (exact) mass is 298 g/mol. The van der Waals surface area contributed by atoms with E-state index in [1.807, 2.05) is 6.92 Å². The average molecular weight is 300 g/mol. The SMILES string of the molecule is CCCOC(=O)/C(Cl)=C(\Cl)C(Cl)(Cl)Cl. The minimum absolute atomic E-state index is 0.235. The second-order valence-electron chi connectivity index (χ2n) is 2.26. The Morgan fingerprint density at radius 1 is 1.29 bits per heavy atom. The normalized spacial score (nSPS) is 13.6. The summed E-state index contributed by atoms with van der Waals surface area (Å²) in [5.74, 6) is -0.801. The lowest BCUT2D eigenvalue weighted by molar-refractivity contribution is -0.138. The van der Waals surface area contributed by atoms with E-state index in [2.05, 4.69) is 4.74 Å². The van der Waals surface area contributed by atoms with Gasteiger partial charge < -0.3 is 4.74 Å². The molecule has 0 aromatic rings. The molecule has 0 aliphatic heterocycles. The summed E-state index contributed by atoms with van der Waals surface area (Å²) in [4.78, 5) is 11.1. The summed E-state index contributed by atoms with van der Waals surface area (Å²) in [6.45, 7) is 2.07. The van der Waals surface area contributed by atoms with Crippen molar-refractivity contribution in [1.82, 2.24) is 0 Å². The number of alkyl halides is 3. The van der Waals surface area contributed by atoms with Crippen LogP contribution >= 0.6 is 58.0 Å². The second kappa shape index (κ2) is 6.29. The van der Waals surface area contributed by atoms with E-state index in [4.69, 9.17) is 58.0 Å². The summed E-state index contributed by atoms with van der Waals surface area (Å²) < 4.78 is 2.77. The lowest BCUT2D eigenvalue weighted by atomic mass is 10.5. The van der Waals surface area contributed by atoms with Crippen molar-refractivity contribution in [2.24, 2.45) is 0 Å². The van der Waals surface area contributed by atoms with Gasteiger partial charge in [0.25, 0.3) is 0 Å². The number of carbonyl (C=O) groups excluding carboxylic acids is 1. The number of carbonyl (C=O) groups is 1. The molecule has 0 spiro atoms. The van der Waals surface area contributed by atoms with Gasteiger partial charge in [-0.3, -0.25) is 0 Å². The first-order valence-electron chi connectivity index (χ1n) is 3.60. The lowest BCUT2D eigenvalue weighted by Crippen LogP contribution is -2.11. The number of allylic oxidation sites excluding steroid dienone is 1. The molecule has 2 nitrogen and oxygen atoms in total. The predicted molar refractivity (Wildman–Crippen MR) is 60.3 cm³/mol. The molecular weight excluding hydrogens is 293 g/mol. The third-order valence-electron chi connectivity index (χ3n) is 1.06. The van der Waals surface area contributed by atoms with Crippen LogP contribution in [0, 0.1) is 0 Å². The molecule has 0 N–H and O–H groups in total. The highest BCUT2D eigenvalue weighted by Gasteiger charge is 2.30. The van der Waals surface area contributed by atoms with Crippen molar-refractivity contribution in [3.05, 3.63) is 10.1 Å². The number of halogens is 5. The predicted octanol–water partition coefficient (Wildman–Crippen LogP) is 4.00. The molecule has 0 aromatic heterocycles. The number of hydrogen-bond acceptors (Lipinski definition) is 2. The highest BCUT2D eigenvalue weighted by atomic mass is 35.6. The Balaban J connectivity index is 4.58. The minimum atomic E-state index is -1.91. The second-order valence-corrected chi connectivity index (χ2v) is 5.30. The summed E-state index contributed by atoms with van der Waals surface area (Å²) in [5, 5.41) is -0.787. The van der Waals surface area contributed by atoms with Gasteiger partial charge in [-0.1, -0.05) is 64.9 Å². The van der Waals surface area contributed by atoms with Crippen molar-refractivity contribution in [3.63, 3.8) is 0 Å². The topological polar surface area (TPSA) is 26.3 Å². The highest BCUT2D eigenvalue weighted by molar-refractivity contribution is 6.74. The largest absolute Gasteiger partial charge is 0.461 e. The molecule has 0 saturated carbocycles. The van der Waals surface area contributed by atoms with Gasteiger partial charge >= 0.3 is 5.97 Å². The van der Waals surface area contributed by atoms with Crippen molar-refractivity contribution in [3.8, 4) is 0 Å². The molecule has 0 bridgehead atoms. The van der Waals surface area contributed by atoms with Gasteiger partial charge in [-0.25, -0.2) is 4.79 Å². The van der Waals surface area contributed by atoms with Crippen LogP contribution < -0.4 is 0 Å². The van der Waals surface area contributed by atoms with Gasteiger partial charge in [-0.05, 0) is 6.42 Å². The van der Waals surface area contributed by atoms with E-state index in [9.17, 15) is 4.79 Å². The van der Waals surface area contributed by atoms with Crippen LogP contribution in [0.3, 0.4) is 0 Å². The van der Waals surface area contributed by atoms with E-state index < -0.39 is 14.8 Å². The molecule has 0 amide bonds. The summed E-state index contributed by atoms with van der Waals surface area (Å²) in [5.41, 5.74) is 0. The van der Waals surface area contributed by atoms with Gasteiger partial charge in [-0.2, -0.15) is 0 Å². The van der Waals surface area contributed by atoms with Crippen molar-refractivity contribution in [2.45, 2.75) is 17.1 Å². The Kier molecular flexibility index (Phi) is 6.58. The van der Waals surface area contributed by atoms with Crippen LogP contribution in [0.15, 0.2) is 10.1 Å². The Hall–Kier alpha value is 0.660. The van der Waals surface area contributed by atoms with Crippen molar-refractivity contribution < 1.29 is 9.53 Å². The standard InChI is InChI=1S/C7H7Cl5O2/c1-2-3-14-6(13)4(8)5(9)7(10,11)12/h2-3H2,1H3/b5-4+. The zero-order chi connectivity index (χ0) is 11.4. The molecule has 0 aliphatic carbocycles. The first-order chi connectivity index (χ1) is 6.30. The van der Waals surface area contributed by atoms with Crippen molar-refractivity contribution >= 4 is 64.0 Å². The molecule has 82 valence electrons. The molecular formula is C7H7Cl5O2. The number of rotatable bonds is 3. The molecule has 0 rings (SSSR count). The minimum Gasteiger partial charge on any atom is -0.461 e. The molecule has 7 heteroatoms. The van der Waals surface area contributed by atoms with E-state index >= 15 is 0 Å². The first-order valence-corrected chi connectivity index (χ1v) is 5.49. The quantitative estimate of drug-likeness (QED) is 0.447. The van der Waals surface area contributed by atoms with Crippen LogP contribution in [0.5, 0.6) is 0 Å². The van der Waals surface area contributed by atoms with E-state index in [0.29, 0.717) is 6.42 Å². The van der Waals surface area contributed by atoms with Crippen LogP contribution in [-0.4, -0.2) is 16.4 Å². The Morgan fingerprint density at radius 3 is 2.14 bits per heavy atom. The summed E-state index contributed by atoms with van der Waals surface area (Å²) >= 11 is 27.3. The molecule has 0 aliphatic rings. The third kappa shape index (κ3) is 4.94. The van der Waals surface area contributed by atoms with Gasteiger partial charge in [0.15, 0.2) is 0 Å². The maximum Gasteiger partial charge on any atom is 0.351 e. The molecule has 0 radical (unpaired) electrons. The van der Waals surface area contributed by atoms with Gasteiger partial charge in [0.1, 0.15) is 5.03 Å². The Morgan fingerprint density at radius 2 is 1.79 bits per heavy atom. The maximum atomic E-state index is 11.1. The van der Waals surface area contributed by atoms with E-state index in [-0.39, 0.29) is 11.6 Å². The molecule has 0 saturated heterocycles. The van der Waals surface area contributed by atoms with Gasteiger partial charge in [0.05, 0.1) is 11.6 Å². The number of hydrogen-bond donors (Lipinski definition) is 0. The molecule has 0 heterocycles. The fraction of sp³-hybridized carbons (Fsp3) is 0.571. The summed E-state index contributed by atoms with van der Waals surface area (Å²) in [7, 11) is 0. The molecule has 0 aromatic carbocycles. The van der Waals surface area contributed by atoms with Crippen molar-refractivity contribution in [1.29, 1.82) is 0 Å². The first kappa shape index (κ1) is 14.7. The lowest BCUT2D eigenvalue weighted by Gasteiger charge is -2.11. The fourth-order valence-corrected chi connectivity index (χ4v) is 1.17. The molecule has 0 fully saturated rings. The van der Waals surface area contributed by atoms with Gasteiger partial charge in [0, 0.05) is 0 Å². The van der Waals surface area contributed by atoms with Crippen LogP contribution in [0.4, 0.5) is 0 Å². The number of ether oxygens (including phenoxy) is 1. The fourth-order valence-electron chi connectivity index (χ4n) is 0.472. The van der Waals surface area contributed by atoms with E-state index in [1.54, 1.807) is 0 Å². The third-order valence-corrected chi connectivity index (χ3v) is 2.83. The average Bonchev–Trinajstić information content (AvgIpc) is 2.10. The van der Waals surface area contributed by atoms with Crippen LogP contribution in [0.25, 0.3) is 0 Å². The Bertz CT molecular complexity index is 243. The smallest absolute Gasteiger partial charge is 0.351 e. The maximum absolute atomic E-state index is 11.1. The molecule has 0 atom stereocenters. The highest BCUT2D eigenvalue weighted by Crippen LogP contribution is 2.39. The molecule has 0 unspecified atom stereocenters. The zero-order valence-electron chi connectivity index (χ0n) is 7.12. The van der Waals surface area contributed by atoms with E-state index in [1.165, 1.54) is 0 Å². The van der Waals surface area contributed by atoms with Crippen LogP contribution in [0.2, 0.25) is 0 Å². The number of esters is 1. The summed E-state index contributed by atoms with van der Waals surface area (Å²) in [6, 6.07) is 0. The van der Waals surface area contributed by atoms with Gasteiger partial charge in [0.2, 0.25) is 3.79 Å². The zero-order valence-corrected chi connectivity index (χ0v) is 10.9.